The minimum absolute atomic E-state index is 0.0131. The van der Waals surface area contributed by atoms with Gasteiger partial charge in [-0.25, -0.2) is 5.43 Å². The van der Waals surface area contributed by atoms with E-state index in [-0.39, 0.29) is 55.2 Å². The fourth-order valence-corrected chi connectivity index (χ4v) is 10.7. The Balaban J connectivity index is 1.20. The normalized spacial score (nSPS) is 23.8. The van der Waals surface area contributed by atoms with Crippen LogP contribution in [-0.4, -0.2) is 129 Å². The molecule has 0 radical (unpaired) electrons. The Morgan fingerprint density at radius 2 is 1.81 bits per heavy atom. The molecule has 3 fully saturated rings. The van der Waals surface area contributed by atoms with Gasteiger partial charge >= 0.3 is 5.97 Å². The first kappa shape index (κ1) is 48.6. The van der Waals surface area contributed by atoms with Crippen molar-refractivity contribution >= 4 is 40.5 Å². The van der Waals surface area contributed by atoms with E-state index in [4.69, 9.17) is 14.5 Å². The number of carbonyl (C=O) groups excluding carboxylic acids is 5. The smallest absolute Gasteiger partial charge is 0.324 e. The van der Waals surface area contributed by atoms with Gasteiger partial charge in [-0.3, -0.25) is 34.0 Å². The zero-order chi connectivity index (χ0) is 48.8. The number of hydrazine groups is 1. The molecule has 0 saturated carbocycles. The van der Waals surface area contributed by atoms with Gasteiger partial charge in [-0.2, -0.15) is 0 Å². The van der Waals surface area contributed by atoms with Gasteiger partial charge in [-0.15, -0.1) is 0 Å². The molecule has 3 saturated heterocycles. The molecular formula is C52H68N8O8. The van der Waals surface area contributed by atoms with Crippen LogP contribution in [0.15, 0.2) is 54.7 Å². The number of phenols is 1. The van der Waals surface area contributed by atoms with Gasteiger partial charge in [-0.05, 0) is 117 Å². The number of nitrogens with one attached hydrogen (secondary N) is 3. The van der Waals surface area contributed by atoms with Crippen LogP contribution in [0.1, 0.15) is 97.1 Å². The van der Waals surface area contributed by atoms with E-state index in [9.17, 15) is 29.1 Å². The standard InChI is InChI=1S/C52H68N8O8/c1-10-58-42-17-16-33-26-37(42)38(45(58)36-14-11-19-53-43(36)31(4)67-9)27-51(5,6)29-68-49(65)39-15-12-21-60(56-39)48(64)40(24-32-22-34(33)25-35(61)23-32)55-46(62)44(30(2)3)57(8)50(66)52(7)18-13-20-59(52)47(63)41-28-54-41/h11,14,16-17,19,22-23,25-26,30-31,39-41,44,54,56,61H,10,12-13,15,18,20-21,24,27-29H2,1-9H3,(H,55,62)/t31-,39-,40-,41+,44-,52+/m0/s1. The van der Waals surface area contributed by atoms with Gasteiger partial charge in [0, 0.05) is 74.8 Å². The van der Waals surface area contributed by atoms with Crippen LogP contribution >= 0.6 is 0 Å². The summed E-state index contributed by atoms with van der Waals surface area (Å²) in [5, 5.41) is 19.8. The van der Waals surface area contributed by atoms with Crippen molar-refractivity contribution in [1.82, 2.24) is 40.4 Å². The van der Waals surface area contributed by atoms with E-state index < -0.39 is 46.9 Å². The number of likely N-dealkylation sites (tertiary alicyclic amines) is 1. The second kappa shape index (κ2) is 19.3. The number of hydrogen-bond acceptors (Lipinski definition) is 11. The number of carbonyl (C=O) groups is 5. The minimum Gasteiger partial charge on any atom is -0.508 e. The maximum atomic E-state index is 14.8. The second-order valence-corrected chi connectivity index (χ2v) is 20.5. The molecule has 0 spiro atoms. The molecule has 364 valence electrons. The van der Waals surface area contributed by atoms with Gasteiger partial charge in [0.15, 0.2) is 0 Å². The molecule has 4 aliphatic heterocycles. The van der Waals surface area contributed by atoms with E-state index in [2.05, 4.69) is 59.6 Å². The van der Waals surface area contributed by atoms with Crippen molar-refractivity contribution in [2.45, 2.75) is 129 Å². The summed E-state index contributed by atoms with van der Waals surface area (Å²) in [6.45, 7) is 15.8. The first-order valence-electron chi connectivity index (χ1n) is 24.2. The highest BCUT2D eigenvalue weighted by molar-refractivity contribution is 5.98. The number of likely N-dealkylation sites (N-methyl/N-ethyl adjacent to an activating group) is 1. The van der Waals surface area contributed by atoms with E-state index in [0.717, 1.165) is 39.0 Å². The number of methoxy groups -OCH3 is 1. The van der Waals surface area contributed by atoms with Crippen LogP contribution in [0, 0.1) is 11.3 Å². The number of phenolic OH excluding ortho intramolecular Hbond substituents is 1. The SMILES string of the molecule is CCn1c(-c2cccnc2[C@H](C)OC)c2c3cc(ccc31)-c1cc(O)cc(c1)C[C@H](NC(=O)[C@H](C(C)C)N(C)C(=O)[C@@]1(C)CCCN1C(=O)[C@H]1CN1)C(=O)N1CCC[C@H](N1)C(=O)OCC(C)(C)C2. The number of aryl methyl sites for hydroxylation is 1. The third kappa shape index (κ3) is 9.46. The van der Waals surface area contributed by atoms with Crippen molar-refractivity contribution in [3.8, 4) is 28.1 Å². The molecule has 6 bridgehead atoms. The van der Waals surface area contributed by atoms with Crippen LogP contribution < -0.4 is 16.1 Å². The van der Waals surface area contributed by atoms with Crippen LogP contribution in [0.4, 0.5) is 0 Å². The lowest BCUT2D eigenvalue weighted by atomic mass is 9.84. The quantitative estimate of drug-likeness (QED) is 0.119. The van der Waals surface area contributed by atoms with Gasteiger partial charge in [0.1, 0.15) is 29.4 Å². The molecule has 0 unspecified atom stereocenters. The summed E-state index contributed by atoms with van der Waals surface area (Å²) in [6, 6.07) is 12.2. The number of aromatic hydroxyl groups is 1. The molecule has 16 heteroatoms. The lowest BCUT2D eigenvalue weighted by molar-refractivity contribution is -0.156. The van der Waals surface area contributed by atoms with Crippen molar-refractivity contribution in [3.63, 3.8) is 0 Å². The van der Waals surface area contributed by atoms with Gasteiger partial charge in [0.05, 0.1) is 30.1 Å². The summed E-state index contributed by atoms with van der Waals surface area (Å²) >= 11 is 0. The summed E-state index contributed by atoms with van der Waals surface area (Å²) in [6.07, 6.45) is 4.07. The second-order valence-electron chi connectivity index (χ2n) is 20.5. The number of amides is 4. The number of cyclic esters (lactones) is 1. The van der Waals surface area contributed by atoms with Crippen molar-refractivity contribution in [2.75, 3.05) is 40.4 Å². The summed E-state index contributed by atoms with van der Waals surface area (Å²) in [7, 11) is 3.26. The molecule has 4 amide bonds. The molecule has 6 atom stereocenters. The van der Waals surface area contributed by atoms with Gasteiger partial charge in [-0.1, -0.05) is 39.8 Å². The number of ether oxygens (including phenoxy) is 2. The Morgan fingerprint density at radius 3 is 2.51 bits per heavy atom. The van der Waals surface area contributed by atoms with Crippen LogP contribution in [-0.2, 0) is 52.8 Å². The highest BCUT2D eigenvalue weighted by Gasteiger charge is 2.51. The molecule has 16 nitrogen and oxygen atoms in total. The summed E-state index contributed by atoms with van der Waals surface area (Å²) in [5.74, 6) is -2.36. The average molecular weight is 933 g/mol. The Bertz CT molecular complexity index is 2600. The largest absolute Gasteiger partial charge is 0.508 e. The van der Waals surface area contributed by atoms with E-state index in [1.54, 1.807) is 44.3 Å². The number of hydrogen-bond donors (Lipinski definition) is 4. The fraction of sp³-hybridized carbons (Fsp3) is 0.538. The van der Waals surface area contributed by atoms with Gasteiger partial charge < -0.3 is 39.6 Å². The Hall–Kier alpha value is -5.84. The number of fused-ring (bicyclic) bond motifs is 6. The Kier molecular flexibility index (Phi) is 13.8. The number of rotatable bonds is 10. The van der Waals surface area contributed by atoms with Crippen molar-refractivity contribution in [3.05, 3.63) is 71.5 Å². The van der Waals surface area contributed by atoms with E-state index in [1.807, 2.05) is 39.0 Å². The first-order valence-corrected chi connectivity index (χ1v) is 24.2. The predicted octanol–water partition coefficient (Wildman–Crippen LogP) is 5.29. The maximum absolute atomic E-state index is 14.8. The first-order chi connectivity index (χ1) is 32.3. The summed E-state index contributed by atoms with van der Waals surface area (Å²) < 4.78 is 14.2. The highest BCUT2D eigenvalue weighted by Crippen LogP contribution is 2.42. The third-order valence-electron chi connectivity index (χ3n) is 14.4. The molecule has 0 aliphatic carbocycles. The number of benzene rings is 2. The lowest BCUT2D eigenvalue weighted by Crippen LogP contribution is -2.64. The molecule has 2 aromatic heterocycles. The summed E-state index contributed by atoms with van der Waals surface area (Å²) in [5.41, 5.74) is 8.40. The molecule has 68 heavy (non-hydrogen) atoms. The molecule has 4 aliphatic rings. The monoisotopic (exact) mass is 933 g/mol. The maximum Gasteiger partial charge on any atom is 0.324 e. The number of pyridine rings is 1. The van der Waals surface area contributed by atoms with E-state index in [0.29, 0.717) is 62.9 Å². The molecular weight excluding hydrogens is 865 g/mol. The van der Waals surface area contributed by atoms with Gasteiger partial charge in [0.2, 0.25) is 17.7 Å². The van der Waals surface area contributed by atoms with Crippen molar-refractivity contribution < 1.29 is 38.6 Å². The van der Waals surface area contributed by atoms with Crippen molar-refractivity contribution in [2.24, 2.45) is 11.3 Å². The zero-order valence-electron chi connectivity index (χ0n) is 41.0. The lowest BCUT2D eigenvalue weighted by Gasteiger charge is -2.41. The predicted molar refractivity (Wildman–Crippen MR) is 258 cm³/mol. The fourth-order valence-electron chi connectivity index (χ4n) is 10.7. The summed E-state index contributed by atoms with van der Waals surface area (Å²) in [4.78, 5) is 79.2. The van der Waals surface area contributed by atoms with Crippen LogP contribution in [0.2, 0.25) is 0 Å². The molecule has 8 rings (SSSR count). The Labute approximate surface area is 399 Å². The van der Waals surface area contributed by atoms with Crippen LogP contribution in [0.5, 0.6) is 5.75 Å². The van der Waals surface area contributed by atoms with Crippen LogP contribution in [0.25, 0.3) is 33.3 Å². The van der Waals surface area contributed by atoms with E-state index in [1.165, 1.54) is 9.91 Å². The average Bonchev–Trinajstić information content (AvgIpc) is 4.03. The van der Waals surface area contributed by atoms with Crippen molar-refractivity contribution in [1.29, 1.82) is 0 Å². The molecule has 4 aromatic rings. The van der Waals surface area contributed by atoms with Gasteiger partial charge in [0.25, 0.3) is 5.91 Å². The molecule has 6 heterocycles. The number of esters is 1. The minimum atomic E-state index is -1.18. The third-order valence-corrected chi connectivity index (χ3v) is 14.4. The zero-order valence-corrected chi connectivity index (χ0v) is 41.0. The van der Waals surface area contributed by atoms with E-state index >= 15 is 0 Å². The highest BCUT2D eigenvalue weighted by atomic mass is 16.5. The number of nitrogens with zero attached hydrogens (tertiary/aromatic N) is 5. The molecule has 4 N–H and O–H groups in total. The Morgan fingerprint density at radius 1 is 1.04 bits per heavy atom. The topological polar surface area (TPSA) is 198 Å². The number of aromatic nitrogens is 2. The van der Waals surface area contributed by atoms with Crippen LogP contribution in [0.3, 0.4) is 0 Å². The molecule has 2 aromatic carbocycles.